The highest BCUT2D eigenvalue weighted by atomic mass is 16.5. The Labute approximate surface area is 84.1 Å². The third-order valence-corrected chi connectivity index (χ3v) is 3.31. The number of fused-ring (bicyclic) bond motifs is 3. The Balaban J connectivity index is 2.10. The molecule has 3 aliphatic carbocycles. The lowest BCUT2D eigenvalue weighted by Crippen LogP contribution is -2.25. The van der Waals surface area contributed by atoms with Gasteiger partial charge in [-0.1, -0.05) is 12.2 Å². The van der Waals surface area contributed by atoms with Crippen molar-refractivity contribution in [3.63, 3.8) is 0 Å². The summed E-state index contributed by atoms with van der Waals surface area (Å²) in [6, 6.07) is 0. The molecule has 2 heteroatoms. The Kier molecular flexibility index (Phi) is 1.82. The van der Waals surface area contributed by atoms with Crippen molar-refractivity contribution in [2.75, 3.05) is 14.1 Å². The van der Waals surface area contributed by atoms with Crippen molar-refractivity contribution in [1.82, 2.24) is 0 Å². The Hall–Kier alpha value is -0.340. The average Bonchev–Trinajstić information content (AvgIpc) is 2.46. The molecule has 0 radical (unpaired) electrons. The van der Waals surface area contributed by atoms with Crippen LogP contribution in [0.4, 0.5) is 0 Å². The highest BCUT2D eigenvalue weighted by Gasteiger charge is 2.34. The largest absolute Gasteiger partial charge is 0.381 e. The minimum Gasteiger partial charge on any atom is -0.381 e. The van der Waals surface area contributed by atoms with Gasteiger partial charge in [0.25, 0.3) is 0 Å². The van der Waals surface area contributed by atoms with E-state index < -0.39 is 7.04 Å². The maximum Gasteiger partial charge on any atom is 0.0658 e. The standard InChI is InChI=1S/C11H18O2/c1-12-10-7-11(13-2)9-5-3-8(10)4-6-9/h3,5,8-11H,4,6-7H2,1-2H3/t8-,9+,10-,11-/m1/s1/i1D3. The molecule has 4 atom stereocenters. The van der Waals surface area contributed by atoms with Crippen LogP contribution in [0.1, 0.15) is 23.4 Å². The zero-order chi connectivity index (χ0) is 11.8. The monoisotopic (exact) mass is 185 g/mol. The van der Waals surface area contributed by atoms with E-state index in [1.165, 1.54) is 0 Å². The summed E-state index contributed by atoms with van der Waals surface area (Å²) in [7, 11) is -0.622. The van der Waals surface area contributed by atoms with Crippen LogP contribution in [0.15, 0.2) is 12.2 Å². The van der Waals surface area contributed by atoms with Gasteiger partial charge < -0.3 is 9.47 Å². The fourth-order valence-corrected chi connectivity index (χ4v) is 2.47. The summed E-state index contributed by atoms with van der Waals surface area (Å²) in [6.07, 6.45) is 6.87. The molecule has 0 amide bonds. The SMILES string of the molecule is [2H]C([2H])([2H])O[C@@H]1C[C@@H](OC)[C@H]2C=C[C@@H]1CC2. The number of hydrogen-bond donors (Lipinski definition) is 0. The van der Waals surface area contributed by atoms with Gasteiger partial charge in [0.1, 0.15) is 0 Å². The van der Waals surface area contributed by atoms with Gasteiger partial charge in [-0.05, 0) is 12.8 Å². The van der Waals surface area contributed by atoms with Crippen molar-refractivity contribution in [3.8, 4) is 0 Å². The molecule has 1 fully saturated rings. The molecule has 0 unspecified atom stereocenters. The van der Waals surface area contributed by atoms with Crippen molar-refractivity contribution in [1.29, 1.82) is 0 Å². The summed E-state index contributed by atoms with van der Waals surface area (Å²) in [5.74, 6) is 0.656. The maximum absolute atomic E-state index is 7.19. The van der Waals surface area contributed by atoms with Crippen molar-refractivity contribution in [2.24, 2.45) is 11.8 Å². The van der Waals surface area contributed by atoms with Crippen LogP contribution in [0.25, 0.3) is 0 Å². The second-order valence-corrected chi connectivity index (χ2v) is 3.96. The summed E-state index contributed by atoms with van der Waals surface area (Å²) < 4.78 is 32.2. The first-order valence-corrected chi connectivity index (χ1v) is 4.88. The molecule has 0 aromatic rings. The Morgan fingerprint density at radius 3 is 2.23 bits per heavy atom. The topological polar surface area (TPSA) is 18.5 Å². The van der Waals surface area contributed by atoms with E-state index in [4.69, 9.17) is 13.6 Å². The molecule has 2 nitrogen and oxygen atoms in total. The van der Waals surface area contributed by atoms with E-state index in [2.05, 4.69) is 12.2 Å². The summed E-state index contributed by atoms with van der Waals surface area (Å²) in [5, 5.41) is 0. The molecule has 0 N–H and O–H groups in total. The third kappa shape index (κ3) is 1.65. The Morgan fingerprint density at radius 2 is 1.77 bits per heavy atom. The van der Waals surface area contributed by atoms with Gasteiger partial charge >= 0.3 is 0 Å². The van der Waals surface area contributed by atoms with Gasteiger partial charge in [-0.3, -0.25) is 0 Å². The predicted molar refractivity (Wildman–Crippen MR) is 51.6 cm³/mol. The Bertz CT molecular complexity index is 275. The lowest BCUT2D eigenvalue weighted by Gasteiger charge is -2.21. The molecule has 74 valence electrons. The zero-order valence-corrected chi connectivity index (χ0v) is 7.90. The van der Waals surface area contributed by atoms with Gasteiger partial charge in [0.2, 0.25) is 0 Å². The molecule has 1 saturated carbocycles. The highest BCUT2D eigenvalue weighted by molar-refractivity contribution is 5.07. The molecule has 0 spiro atoms. The fraction of sp³-hybridized carbons (Fsp3) is 0.818. The molecule has 0 heterocycles. The van der Waals surface area contributed by atoms with E-state index in [1.54, 1.807) is 7.11 Å². The highest BCUT2D eigenvalue weighted by Crippen LogP contribution is 2.36. The zero-order valence-electron chi connectivity index (χ0n) is 10.9. The van der Waals surface area contributed by atoms with Crippen LogP contribution in [-0.4, -0.2) is 26.4 Å². The van der Waals surface area contributed by atoms with Crippen LogP contribution in [0.3, 0.4) is 0 Å². The molecule has 0 aliphatic heterocycles. The lowest BCUT2D eigenvalue weighted by molar-refractivity contribution is 0.00703. The number of hydrogen-bond acceptors (Lipinski definition) is 2. The summed E-state index contributed by atoms with van der Waals surface area (Å²) >= 11 is 0. The molecule has 0 aromatic heterocycles. The van der Waals surface area contributed by atoms with Crippen LogP contribution in [0.2, 0.25) is 0 Å². The number of rotatable bonds is 2. The van der Waals surface area contributed by atoms with Gasteiger partial charge in [0.05, 0.1) is 16.3 Å². The van der Waals surface area contributed by atoms with Crippen LogP contribution in [0, 0.1) is 11.8 Å². The molecule has 3 rings (SSSR count). The molecule has 0 saturated heterocycles. The van der Waals surface area contributed by atoms with Gasteiger partial charge in [-0.2, -0.15) is 0 Å². The lowest BCUT2D eigenvalue weighted by atomic mass is 9.89. The van der Waals surface area contributed by atoms with E-state index in [1.807, 2.05) is 0 Å². The minimum absolute atomic E-state index is 0.0936. The molecule has 3 aliphatic rings. The molecule has 2 bridgehead atoms. The predicted octanol–water partition coefficient (Wildman–Crippen LogP) is 2.00. The molecule has 0 aromatic carbocycles. The van der Waals surface area contributed by atoms with Gasteiger partial charge in [-0.15, -0.1) is 0 Å². The Morgan fingerprint density at radius 1 is 1.15 bits per heavy atom. The average molecular weight is 185 g/mol. The normalized spacial score (nSPS) is 47.9. The van der Waals surface area contributed by atoms with E-state index in [0.29, 0.717) is 12.3 Å². The van der Waals surface area contributed by atoms with Crippen LogP contribution >= 0.6 is 0 Å². The van der Waals surface area contributed by atoms with Gasteiger partial charge in [0, 0.05) is 32.4 Å². The number of ether oxygens (including phenoxy) is 2. The van der Waals surface area contributed by atoms with Crippen LogP contribution in [0.5, 0.6) is 0 Å². The smallest absolute Gasteiger partial charge is 0.0658 e. The van der Waals surface area contributed by atoms with Gasteiger partial charge in [-0.25, -0.2) is 0 Å². The molecular formula is C11H18O2. The van der Waals surface area contributed by atoms with Crippen molar-refractivity contribution in [2.45, 2.75) is 31.5 Å². The summed E-state index contributed by atoms with van der Waals surface area (Å²) in [4.78, 5) is 0. The van der Waals surface area contributed by atoms with Crippen molar-refractivity contribution >= 4 is 0 Å². The summed E-state index contributed by atoms with van der Waals surface area (Å²) in [5.41, 5.74) is 0. The quantitative estimate of drug-likeness (QED) is 0.613. The van der Waals surface area contributed by atoms with Crippen molar-refractivity contribution in [3.05, 3.63) is 12.2 Å². The first kappa shape index (κ1) is 6.20. The maximum atomic E-state index is 7.19. The summed E-state index contributed by atoms with van der Waals surface area (Å²) in [6.45, 7) is 0. The third-order valence-electron chi connectivity index (χ3n) is 3.31. The second kappa shape index (κ2) is 3.81. The fourth-order valence-electron chi connectivity index (χ4n) is 2.47. The number of methoxy groups -OCH3 is 2. The van der Waals surface area contributed by atoms with Crippen molar-refractivity contribution < 1.29 is 13.6 Å². The molecular weight excluding hydrogens is 164 g/mol. The van der Waals surface area contributed by atoms with E-state index >= 15 is 0 Å². The van der Waals surface area contributed by atoms with E-state index in [0.717, 1.165) is 12.8 Å². The minimum atomic E-state index is -2.31. The first-order valence-electron chi connectivity index (χ1n) is 6.38. The first-order chi connectivity index (χ1) is 7.49. The van der Waals surface area contributed by atoms with Gasteiger partial charge in [0.15, 0.2) is 0 Å². The molecule has 13 heavy (non-hydrogen) atoms. The van der Waals surface area contributed by atoms with Crippen LogP contribution in [-0.2, 0) is 9.47 Å². The second-order valence-electron chi connectivity index (χ2n) is 3.96. The van der Waals surface area contributed by atoms with E-state index in [9.17, 15) is 0 Å². The van der Waals surface area contributed by atoms with E-state index in [-0.39, 0.29) is 18.1 Å². The van der Waals surface area contributed by atoms with Crippen LogP contribution < -0.4 is 0 Å².